The maximum atomic E-state index is 5.50. The minimum Gasteiger partial charge on any atom is -0.381 e. The van der Waals surface area contributed by atoms with Crippen LogP contribution in [0.4, 0.5) is 11.6 Å². The number of aromatic nitrogens is 2. The van der Waals surface area contributed by atoms with Crippen molar-refractivity contribution in [3.63, 3.8) is 0 Å². The molecule has 0 aliphatic heterocycles. The number of nitrogens with one attached hydrogen (secondary N) is 2. The Balaban J connectivity index is 2.14. The average Bonchev–Trinajstić information content (AvgIpc) is 2.44. The maximum Gasteiger partial charge on any atom is 0.131 e. The van der Waals surface area contributed by atoms with Crippen LogP contribution in [0.1, 0.15) is 39.5 Å². The van der Waals surface area contributed by atoms with E-state index in [1.807, 2.05) is 6.07 Å². The molecule has 5 nitrogen and oxygen atoms in total. The van der Waals surface area contributed by atoms with Crippen molar-refractivity contribution in [2.75, 3.05) is 36.9 Å². The number of hydrogen-bond acceptors (Lipinski definition) is 5. The molecule has 0 aromatic carbocycles. The van der Waals surface area contributed by atoms with Gasteiger partial charge in [0.1, 0.15) is 18.0 Å². The summed E-state index contributed by atoms with van der Waals surface area (Å²) in [6.07, 6.45) is 5.99. The highest BCUT2D eigenvalue weighted by atomic mass is 16.5. The van der Waals surface area contributed by atoms with Gasteiger partial charge < -0.3 is 15.4 Å². The van der Waals surface area contributed by atoms with E-state index in [1.54, 1.807) is 6.33 Å². The molecule has 0 saturated carbocycles. The molecule has 0 saturated heterocycles. The highest BCUT2D eigenvalue weighted by molar-refractivity contribution is 5.46. The summed E-state index contributed by atoms with van der Waals surface area (Å²) < 4.78 is 5.50. The first-order valence-electron chi connectivity index (χ1n) is 7.24. The third-order valence-electron chi connectivity index (χ3n) is 2.64. The lowest BCUT2D eigenvalue weighted by Crippen LogP contribution is -2.09. The lowest BCUT2D eigenvalue weighted by molar-refractivity contribution is 0.131. The highest BCUT2D eigenvalue weighted by Gasteiger charge is 1.97. The summed E-state index contributed by atoms with van der Waals surface area (Å²) >= 11 is 0. The van der Waals surface area contributed by atoms with Crippen LogP contribution >= 0.6 is 0 Å². The van der Waals surface area contributed by atoms with Crippen molar-refractivity contribution in [2.45, 2.75) is 39.5 Å². The third-order valence-corrected chi connectivity index (χ3v) is 2.64. The predicted molar refractivity (Wildman–Crippen MR) is 79.6 cm³/mol. The van der Waals surface area contributed by atoms with Crippen LogP contribution in [0.3, 0.4) is 0 Å². The Hall–Kier alpha value is -1.36. The zero-order valence-corrected chi connectivity index (χ0v) is 12.1. The van der Waals surface area contributed by atoms with E-state index in [-0.39, 0.29) is 0 Å². The Morgan fingerprint density at radius 3 is 2.32 bits per heavy atom. The van der Waals surface area contributed by atoms with Crippen LogP contribution in [0.5, 0.6) is 0 Å². The second-order valence-electron chi connectivity index (χ2n) is 4.46. The quantitative estimate of drug-likeness (QED) is 0.603. The molecule has 2 N–H and O–H groups in total. The van der Waals surface area contributed by atoms with E-state index in [0.717, 1.165) is 57.2 Å². The van der Waals surface area contributed by atoms with Crippen molar-refractivity contribution in [1.82, 2.24) is 9.97 Å². The zero-order chi connectivity index (χ0) is 13.8. The van der Waals surface area contributed by atoms with Gasteiger partial charge in [0.15, 0.2) is 0 Å². The molecule has 1 rings (SSSR count). The van der Waals surface area contributed by atoms with Crippen LogP contribution in [-0.2, 0) is 4.74 Å². The van der Waals surface area contributed by atoms with E-state index in [4.69, 9.17) is 4.74 Å². The predicted octanol–water partition coefficient (Wildman–Crippen LogP) is 2.92. The topological polar surface area (TPSA) is 59.1 Å². The van der Waals surface area contributed by atoms with Crippen LogP contribution in [-0.4, -0.2) is 36.3 Å². The number of rotatable bonds is 11. The highest BCUT2D eigenvalue weighted by Crippen LogP contribution is 2.08. The number of anilines is 2. The van der Waals surface area contributed by atoms with Crippen molar-refractivity contribution in [1.29, 1.82) is 0 Å². The van der Waals surface area contributed by atoms with E-state index >= 15 is 0 Å². The van der Waals surface area contributed by atoms with E-state index in [0.29, 0.717) is 0 Å². The molecular formula is C14H26N4O. The van der Waals surface area contributed by atoms with E-state index in [1.165, 1.54) is 6.42 Å². The molecule has 0 fully saturated rings. The zero-order valence-electron chi connectivity index (χ0n) is 12.1. The molecule has 0 bridgehead atoms. The average molecular weight is 266 g/mol. The van der Waals surface area contributed by atoms with Gasteiger partial charge in [0.05, 0.1) is 0 Å². The monoisotopic (exact) mass is 266 g/mol. The summed E-state index contributed by atoms with van der Waals surface area (Å²) in [5, 5.41) is 6.52. The first-order valence-corrected chi connectivity index (χ1v) is 7.24. The largest absolute Gasteiger partial charge is 0.381 e. The second kappa shape index (κ2) is 10.6. The minimum absolute atomic E-state index is 0.805. The first kappa shape index (κ1) is 15.7. The summed E-state index contributed by atoms with van der Waals surface area (Å²) in [4.78, 5) is 8.36. The lowest BCUT2D eigenvalue weighted by Gasteiger charge is -2.08. The fourth-order valence-corrected chi connectivity index (χ4v) is 1.54. The smallest absolute Gasteiger partial charge is 0.131 e. The van der Waals surface area contributed by atoms with E-state index in [2.05, 4.69) is 34.4 Å². The van der Waals surface area contributed by atoms with Gasteiger partial charge in [-0.3, -0.25) is 0 Å². The lowest BCUT2D eigenvalue weighted by atomic mass is 10.3. The Morgan fingerprint density at radius 2 is 1.63 bits per heavy atom. The fourth-order valence-electron chi connectivity index (χ4n) is 1.54. The van der Waals surface area contributed by atoms with Crippen LogP contribution < -0.4 is 10.6 Å². The molecule has 0 unspecified atom stereocenters. The first-order chi connectivity index (χ1) is 9.36. The molecule has 5 heteroatoms. The van der Waals surface area contributed by atoms with Gasteiger partial charge in [-0.2, -0.15) is 0 Å². The van der Waals surface area contributed by atoms with Crippen LogP contribution in [0.25, 0.3) is 0 Å². The van der Waals surface area contributed by atoms with Crippen molar-refractivity contribution in [2.24, 2.45) is 0 Å². The molecule has 1 aromatic rings. The van der Waals surface area contributed by atoms with Crippen LogP contribution in [0, 0.1) is 0 Å². The molecule has 0 spiro atoms. The molecule has 1 aromatic heterocycles. The van der Waals surface area contributed by atoms with Gasteiger partial charge >= 0.3 is 0 Å². The van der Waals surface area contributed by atoms with Crippen molar-refractivity contribution >= 4 is 11.6 Å². The van der Waals surface area contributed by atoms with Gasteiger partial charge in [0.25, 0.3) is 0 Å². The summed E-state index contributed by atoms with van der Waals surface area (Å²) in [5.74, 6) is 1.74. The van der Waals surface area contributed by atoms with Crippen molar-refractivity contribution < 1.29 is 4.74 Å². The summed E-state index contributed by atoms with van der Waals surface area (Å²) in [7, 11) is 0. The minimum atomic E-state index is 0.805. The normalized spacial score (nSPS) is 10.4. The molecule has 1 heterocycles. The van der Waals surface area contributed by atoms with Crippen molar-refractivity contribution in [3.8, 4) is 0 Å². The Morgan fingerprint density at radius 1 is 0.947 bits per heavy atom. The number of ether oxygens (including phenoxy) is 1. The number of unbranched alkanes of at least 4 members (excludes halogenated alkanes) is 1. The SMILES string of the molecule is CCCCOCCCNc1cc(NCCC)ncn1. The van der Waals surface area contributed by atoms with Crippen LogP contribution in [0.15, 0.2) is 12.4 Å². The molecule has 0 atom stereocenters. The van der Waals surface area contributed by atoms with Gasteiger partial charge in [-0.1, -0.05) is 20.3 Å². The standard InChI is InChI=1S/C14H26N4O/c1-3-5-9-19-10-6-8-16-14-11-13(15-7-4-2)17-12-18-14/h11-12H,3-10H2,1-2H3,(H2,15,16,17,18). The molecule has 0 aliphatic carbocycles. The maximum absolute atomic E-state index is 5.50. The molecular weight excluding hydrogens is 240 g/mol. The van der Waals surface area contributed by atoms with E-state index < -0.39 is 0 Å². The Kier molecular flexibility index (Phi) is 8.72. The second-order valence-corrected chi connectivity index (χ2v) is 4.46. The Bertz CT molecular complexity index is 333. The van der Waals surface area contributed by atoms with E-state index in [9.17, 15) is 0 Å². The molecule has 19 heavy (non-hydrogen) atoms. The fraction of sp³-hybridized carbons (Fsp3) is 0.714. The van der Waals surface area contributed by atoms with Gasteiger partial charge in [-0.15, -0.1) is 0 Å². The summed E-state index contributed by atoms with van der Waals surface area (Å²) in [5.41, 5.74) is 0. The Labute approximate surface area is 116 Å². The van der Waals surface area contributed by atoms with Crippen molar-refractivity contribution in [3.05, 3.63) is 12.4 Å². The molecule has 0 amide bonds. The summed E-state index contributed by atoms with van der Waals surface area (Å²) in [6.45, 7) is 7.78. The molecule has 0 aliphatic rings. The van der Waals surface area contributed by atoms with Crippen LogP contribution in [0.2, 0.25) is 0 Å². The molecule has 0 radical (unpaired) electrons. The third kappa shape index (κ3) is 7.62. The van der Waals surface area contributed by atoms with Gasteiger partial charge in [-0.25, -0.2) is 9.97 Å². The summed E-state index contributed by atoms with van der Waals surface area (Å²) in [6, 6.07) is 1.94. The van der Waals surface area contributed by atoms with Gasteiger partial charge in [-0.05, 0) is 19.3 Å². The molecule has 108 valence electrons. The van der Waals surface area contributed by atoms with Gasteiger partial charge in [0.2, 0.25) is 0 Å². The number of hydrogen-bond donors (Lipinski definition) is 2. The number of nitrogens with zero attached hydrogens (tertiary/aromatic N) is 2. The van der Waals surface area contributed by atoms with Gasteiger partial charge in [0, 0.05) is 32.4 Å².